The first-order valence-corrected chi connectivity index (χ1v) is 8.52. The zero-order valence-corrected chi connectivity index (χ0v) is 13.1. The molecule has 8 heteroatoms. The van der Waals surface area contributed by atoms with Gasteiger partial charge in [0.25, 0.3) is 0 Å². The molecule has 2 heterocycles. The Labute approximate surface area is 122 Å². The lowest BCUT2D eigenvalue weighted by Crippen LogP contribution is -2.29. The fraction of sp³-hybridized carbons (Fsp3) is 0.417. The standard InChI is InChI=1S/C12H18N4O2S2/c1-10(12-4-3-7-19-12)15(2)20(17,18)11-8-14-16(9-11)6-5-13/h3-4,7-10H,5-6,13H2,1-2H3. The Morgan fingerprint density at radius 3 is 2.90 bits per heavy atom. The van der Waals surface area contributed by atoms with E-state index >= 15 is 0 Å². The normalized spacial score (nSPS) is 13.8. The summed E-state index contributed by atoms with van der Waals surface area (Å²) in [6.07, 6.45) is 2.88. The van der Waals surface area contributed by atoms with Gasteiger partial charge in [-0.3, -0.25) is 4.68 Å². The molecule has 1 unspecified atom stereocenters. The van der Waals surface area contributed by atoms with Crippen molar-refractivity contribution in [1.29, 1.82) is 0 Å². The van der Waals surface area contributed by atoms with E-state index < -0.39 is 10.0 Å². The van der Waals surface area contributed by atoms with Gasteiger partial charge in [0.2, 0.25) is 10.0 Å². The quantitative estimate of drug-likeness (QED) is 0.871. The van der Waals surface area contributed by atoms with Crippen molar-refractivity contribution in [3.8, 4) is 0 Å². The number of hydrogen-bond donors (Lipinski definition) is 1. The van der Waals surface area contributed by atoms with E-state index in [0.29, 0.717) is 13.1 Å². The van der Waals surface area contributed by atoms with Crippen LogP contribution in [0.2, 0.25) is 0 Å². The lowest BCUT2D eigenvalue weighted by atomic mass is 10.3. The summed E-state index contributed by atoms with van der Waals surface area (Å²) in [4.78, 5) is 1.20. The molecule has 0 aromatic carbocycles. The molecule has 0 amide bonds. The maximum atomic E-state index is 12.5. The molecule has 20 heavy (non-hydrogen) atoms. The first kappa shape index (κ1) is 15.2. The third-order valence-corrected chi connectivity index (χ3v) is 6.07. The fourth-order valence-corrected chi connectivity index (χ4v) is 4.01. The predicted molar refractivity (Wildman–Crippen MR) is 79.0 cm³/mol. The number of rotatable bonds is 6. The summed E-state index contributed by atoms with van der Waals surface area (Å²) in [6.45, 7) is 2.79. The number of sulfonamides is 1. The van der Waals surface area contributed by atoms with Gasteiger partial charge in [0.1, 0.15) is 4.90 Å². The minimum Gasteiger partial charge on any atom is -0.329 e. The van der Waals surface area contributed by atoms with E-state index in [2.05, 4.69) is 5.10 Å². The molecule has 2 aromatic heterocycles. The zero-order valence-electron chi connectivity index (χ0n) is 11.4. The minimum atomic E-state index is -3.55. The molecule has 2 aromatic rings. The third-order valence-electron chi connectivity index (χ3n) is 3.15. The number of thiophene rings is 1. The highest BCUT2D eigenvalue weighted by atomic mass is 32.2. The Hall–Kier alpha value is -1.22. The van der Waals surface area contributed by atoms with Crippen molar-refractivity contribution in [2.75, 3.05) is 13.6 Å². The maximum Gasteiger partial charge on any atom is 0.246 e. The van der Waals surface area contributed by atoms with Crippen LogP contribution in [-0.2, 0) is 16.6 Å². The number of nitrogens with zero attached hydrogens (tertiary/aromatic N) is 3. The molecule has 0 fully saturated rings. The molecule has 110 valence electrons. The van der Waals surface area contributed by atoms with Crippen LogP contribution < -0.4 is 5.73 Å². The number of nitrogens with two attached hydrogens (primary N) is 1. The van der Waals surface area contributed by atoms with Crippen molar-refractivity contribution in [2.45, 2.75) is 24.4 Å². The molecule has 2 N–H and O–H groups in total. The molecular formula is C12H18N4O2S2. The van der Waals surface area contributed by atoms with Crippen LogP contribution in [0.4, 0.5) is 0 Å². The van der Waals surface area contributed by atoms with Gasteiger partial charge < -0.3 is 5.73 Å². The summed E-state index contributed by atoms with van der Waals surface area (Å²) in [5.74, 6) is 0. The second kappa shape index (κ2) is 6.04. The molecule has 0 bridgehead atoms. The van der Waals surface area contributed by atoms with E-state index in [9.17, 15) is 8.42 Å². The van der Waals surface area contributed by atoms with Gasteiger partial charge >= 0.3 is 0 Å². The highest BCUT2D eigenvalue weighted by molar-refractivity contribution is 7.89. The first-order valence-electron chi connectivity index (χ1n) is 6.20. The van der Waals surface area contributed by atoms with Crippen molar-refractivity contribution in [2.24, 2.45) is 5.73 Å². The smallest absolute Gasteiger partial charge is 0.246 e. The van der Waals surface area contributed by atoms with Gasteiger partial charge in [0.15, 0.2) is 0 Å². The maximum absolute atomic E-state index is 12.5. The summed E-state index contributed by atoms with van der Waals surface area (Å²) in [6, 6.07) is 3.63. The van der Waals surface area contributed by atoms with Crippen LogP contribution in [0.25, 0.3) is 0 Å². The van der Waals surface area contributed by atoms with Crippen LogP contribution >= 0.6 is 11.3 Å². The number of aromatic nitrogens is 2. The van der Waals surface area contributed by atoms with Gasteiger partial charge in [-0.2, -0.15) is 9.40 Å². The second-order valence-corrected chi connectivity index (χ2v) is 7.42. The van der Waals surface area contributed by atoms with Crippen LogP contribution in [0.3, 0.4) is 0 Å². The molecule has 0 radical (unpaired) electrons. The Bertz CT molecular complexity index is 649. The molecule has 6 nitrogen and oxygen atoms in total. The summed E-state index contributed by atoms with van der Waals surface area (Å²) < 4.78 is 28.0. The average Bonchev–Trinajstić information content (AvgIpc) is 3.08. The average molecular weight is 314 g/mol. The number of hydrogen-bond acceptors (Lipinski definition) is 5. The molecule has 2 rings (SSSR count). The van der Waals surface area contributed by atoms with Crippen LogP contribution in [0.1, 0.15) is 17.8 Å². The van der Waals surface area contributed by atoms with E-state index in [1.54, 1.807) is 18.4 Å². The van der Waals surface area contributed by atoms with Gasteiger partial charge in [-0.1, -0.05) is 6.07 Å². The van der Waals surface area contributed by atoms with Gasteiger partial charge in [-0.05, 0) is 18.4 Å². The largest absolute Gasteiger partial charge is 0.329 e. The molecule has 0 saturated heterocycles. The summed E-state index contributed by atoms with van der Waals surface area (Å²) in [5.41, 5.74) is 5.43. The second-order valence-electron chi connectivity index (χ2n) is 4.44. The van der Waals surface area contributed by atoms with Crippen molar-refractivity contribution in [1.82, 2.24) is 14.1 Å². The van der Waals surface area contributed by atoms with E-state index in [1.165, 1.54) is 21.4 Å². The summed E-state index contributed by atoms with van der Waals surface area (Å²) in [7, 11) is -1.96. The van der Waals surface area contributed by atoms with Gasteiger partial charge in [0, 0.05) is 24.7 Å². The van der Waals surface area contributed by atoms with Gasteiger partial charge in [-0.15, -0.1) is 11.3 Å². The highest BCUT2D eigenvalue weighted by Gasteiger charge is 2.28. The Kier molecular flexibility index (Phi) is 4.59. The molecule has 0 aliphatic carbocycles. The monoisotopic (exact) mass is 314 g/mol. The first-order chi connectivity index (χ1) is 9.46. The third kappa shape index (κ3) is 2.93. The van der Waals surface area contributed by atoms with Crippen molar-refractivity contribution in [3.05, 3.63) is 34.8 Å². The van der Waals surface area contributed by atoms with Crippen LogP contribution in [-0.4, -0.2) is 36.1 Å². The molecule has 0 spiro atoms. The van der Waals surface area contributed by atoms with Crippen LogP contribution in [0, 0.1) is 0 Å². The fourth-order valence-electron chi connectivity index (χ4n) is 1.81. The van der Waals surface area contributed by atoms with E-state index in [-0.39, 0.29) is 10.9 Å². The van der Waals surface area contributed by atoms with E-state index in [0.717, 1.165) is 4.88 Å². The topological polar surface area (TPSA) is 81.2 Å². The molecule has 0 saturated carbocycles. The summed E-state index contributed by atoms with van der Waals surface area (Å²) in [5, 5.41) is 5.95. The Morgan fingerprint density at radius 1 is 1.55 bits per heavy atom. The molecule has 0 aliphatic heterocycles. The highest BCUT2D eigenvalue weighted by Crippen LogP contribution is 2.28. The SMILES string of the molecule is CC(c1cccs1)N(C)S(=O)(=O)c1cnn(CCN)c1. The van der Waals surface area contributed by atoms with Gasteiger partial charge in [-0.25, -0.2) is 8.42 Å². The Morgan fingerprint density at radius 2 is 2.30 bits per heavy atom. The van der Waals surface area contributed by atoms with Crippen molar-refractivity contribution in [3.63, 3.8) is 0 Å². The van der Waals surface area contributed by atoms with Crippen LogP contribution in [0.5, 0.6) is 0 Å². The lowest BCUT2D eigenvalue weighted by Gasteiger charge is -2.22. The van der Waals surface area contributed by atoms with Crippen LogP contribution in [0.15, 0.2) is 34.8 Å². The van der Waals surface area contributed by atoms with E-state index in [4.69, 9.17) is 5.73 Å². The van der Waals surface area contributed by atoms with E-state index in [1.807, 2.05) is 24.4 Å². The lowest BCUT2D eigenvalue weighted by molar-refractivity contribution is 0.403. The summed E-state index contributed by atoms with van der Waals surface area (Å²) >= 11 is 1.54. The van der Waals surface area contributed by atoms with Crippen molar-refractivity contribution >= 4 is 21.4 Å². The predicted octanol–water partition coefficient (Wildman–Crippen LogP) is 1.28. The zero-order chi connectivity index (χ0) is 14.8. The molecular weight excluding hydrogens is 296 g/mol. The van der Waals surface area contributed by atoms with Crippen molar-refractivity contribution < 1.29 is 8.42 Å². The minimum absolute atomic E-state index is 0.192. The molecule has 0 aliphatic rings. The van der Waals surface area contributed by atoms with Gasteiger partial charge in [0.05, 0.1) is 18.8 Å². The molecule has 1 atom stereocenters. The Balaban J connectivity index is 2.24.